The molecule has 3 rings (SSSR count). The van der Waals surface area contributed by atoms with Crippen LogP contribution >= 0.6 is 0 Å². The summed E-state index contributed by atoms with van der Waals surface area (Å²) in [5.74, 6) is -1.07. The third kappa shape index (κ3) is 3.65. The Balaban J connectivity index is 1.83. The van der Waals surface area contributed by atoms with Crippen molar-refractivity contribution in [2.24, 2.45) is 7.05 Å². The Labute approximate surface area is 135 Å². The molecule has 2 aromatic carbocycles. The smallest absolute Gasteiger partial charge is 0.144 e. The lowest BCUT2D eigenvalue weighted by molar-refractivity contribution is 0.461. The molecule has 0 amide bonds. The number of nitrogens with zero attached hydrogens (tertiary/aromatic N) is 3. The molecule has 0 unspecified atom stereocenters. The summed E-state index contributed by atoms with van der Waals surface area (Å²) >= 11 is 0. The molecule has 0 aliphatic carbocycles. The maximum atomic E-state index is 13.5. The van der Waals surface area contributed by atoms with E-state index in [1.165, 1.54) is 29.1 Å². The van der Waals surface area contributed by atoms with Crippen LogP contribution < -0.4 is 10.1 Å². The Morgan fingerprint density at radius 1 is 1.04 bits per heavy atom. The predicted molar refractivity (Wildman–Crippen MR) is 81.2 cm³/mol. The van der Waals surface area contributed by atoms with Gasteiger partial charge in [-0.15, -0.1) is 5.10 Å². The average Bonchev–Trinajstić information content (AvgIpc) is 2.92. The van der Waals surface area contributed by atoms with Gasteiger partial charge in [0, 0.05) is 37.4 Å². The van der Waals surface area contributed by atoms with Crippen molar-refractivity contribution in [2.75, 3.05) is 5.32 Å². The van der Waals surface area contributed by atoms with E-state index in [1.54, 1.807) is 7.05 Å². The maximum Gasteiger partial charge on any atom is 0.144 e. The number of aromatic nitrogens is 3. The van der Waals surface area contributed by atoms with Crippen LogP contribution in [0.1, 0.15) is 5.56 Å². The SMILES string of the molecule is Cn1nncc1NCc1cc(F)ccc1Oc1cc(F)cc(F)c1. The van der Waals surface area contributed by atoms with Gasteiger partial charge in [-0.05, 0) is 18.2 Å². The summed E-state index contributed by atoms with van der Waals surface area (Å²) in [5, 5.41) is 10.5. The average molecular weight is 334 g/mol. The molecule has 0 aliphatic rings. The number of hydrogen-bond donors (Lipinski definition) is 1. The first-order valence-corrected chi connectivity index (χ1v) is 7.02. The minimum Gasteiger partial charge on any atom is -0.457 e. The highest BCUT2D eigenvalue weighted by molar-refractivity contribution is 5.41. The molecule has 0 atom stereocenters. The van der Waals surface area contributed by atoms with Gasteiger partial charge in [-0.25, -0.2) is 17.9 Å². The Hall–Kier alpha value is -3.03. The lowest BCUT2D eigenvalue weighted by Crippen LogP contribution is -2.06. The quantitative estimate of drug-likeness (QED) is 0.774. The first-order chi connectivity index (χ1) is 11.5. The standard InChI is InChI=1S/C16H13F3N4O/c1-23-16(9-21-22-23)20-8-10-4-11(17)2-3-15(10)24-14-6-12(18)5-13(19)7-14/h2-7,9,20H,8H2,1H3. The topological polar surface area (TPSA) is 52.0 Å². The molecule has 5 nitrogen and oxygen atoms in total. The second-order valence-electron chi connectivity index (χ2n) is 5.06. The van der Waals surface area contributed by atoms with Crippen LogP contribution in [0.4, 0.5) is 19.0 Å². The number of halogens is 3. The Bertz CT molecular complexity index is 846. The van der Waals surface area contributed by atoms with Crippen molar-refractivity contribution in [1.29, 1.82) is 0 Å². The Morgan fingerprint density at radius 2 is 1.79 bits per heavy atom. The summed E-state index contributed by atoms with van der Waals surface area (Å²) in [7, 11) is 1.70. The fourth-order valence-corrected chi connectivity index (χ4v) is 2.14. The minimum absolute atomic E-state index is 0.0115. The van der Waals surface area contributed by atoms with E-state index in [9.17, 15) is 13.2 Å². The number of nitrogens with one attached hydrogen (secondary N) is 1. The van der Waals surface area contributed by atoms with Gasteiger partial charge >= 0.3 is 0 Å². The van der Waals surface area contributed by atoms with Crippen LogP contribution in [0.25, 0.3) is 0 Å². The van der Waals surface area contributed by atoms with Crippen LogP contribution in [0, 0.1) is 17.5 Å². The second-order valence-corrected chi connectivity index (χ2v) is 5.06. The van der Waals surface area contributed by atoms with E-state index in [0.717, 1.165) is 18.2 Å². The summed E-state index contributed by atoms with van der Waals surface area (Å²) in [4.78, 5) is 0. The van der Waals surface area contributed by atoms with Crippen LogP contribution in [0.3, 0.4) is 0 Å². The van der Waals surface area contributed by atoms with Crippen LogP contribution in [-0.2, 0) is 13.6 Å². The largest absolute Gasteiger partial charge is 0.457 e. The molecule has 0 bridgehead atoms. The molecule has 1 heterocycles. The van der Waals surface area contributed by atoms with Crippen molar-refractivity contribution >= 4 is 5.82 Å². The minimum atomic E-state index is -0.757. The van der Waals surface area contributed by atoms with Crippen molar-refractivity contribution in [1.82, 2.24) is 15.0 Å². The second kappa shape index (κ2) is 6.61. The molecule has 24 heavy (non-hydrogen) atoms. The van der Waals surface area contributed by atoms with E-state index >= 15 is 0 Å². The zero-order valence-electron chi connectivity index (χ0n) is 12.6. The molecular weight excluding hydrogens is 321 g/mol. The first kappa shape index (κ1) is 15.9. The van der Waals surface area contributed by atoms with E-state index < -0.39 is 17.5 Å². The molecule has 0 fully saturated rings. The molecule has 0 saturated carbocycles. The molecule has 1 aromatic heterocycles. The zero-order chi connectivity index (χ0) is 17.1. The lowest BCUT2D eigenvalue weighted by atomic mass is 10.2. The molecule has 0 spiro atoms. The van der Waals surface area contributed by atoms with Crippen LogP contribution in [-0.4, -0.2) is 15.0 Å². The van der Waals surface area contributed by atoms with Crippen LogP contribution in [0.2, 0.25) is 0 Å². The van der Waals surface area contributed by atoms with Crippen molar-refractivity contribution in [3.05, 3.63) is 65.6 Å². The van der Waals surface area contributed by atoms with Crippen molar-refractivity contribution in [2.45, 2.75) is 6.54 Å². The van der Waals surface area contributed by atoms with Gasteiger partial charge in [0.05, 0.1) is 6.20 Å². The monoisotopic (exact) mass is 334 g/mol. The van der Waals surface area contributed by atoms with Gasteiger partial charge in [-0.1, -0.05) is 5.21 Å². The number of benzene rings is 2. The van der Waals surface area contributed by atoms with E-state index in [-0.39, 0.29) is 18.0 Å². The third-order valence-corrected chi connectivity index (χ3v) is 3.26. The number of aryl methyl sites for hydroxylation is 1. The first-order valence-electron chi connectivity index (χ1n) is 7.02. The molecule has 1 N–H and O–H groups in total. The van der Waals surface area contributed by atoms with Gasteiger partial charge in [-0.3, -0.25) is 0 Å². The van der Waals surface area contributed by atoms with Crippen LogP contribution in [0.5, 0.6) is 11.5 Å². The van der Waals surface area contributed by atoms with Gasteiger partial charge < -0.3 is 10.1 Å². The molecule has 8 heteroatoms. The highest BCUT2D eigenvalue weighted by atomic mass is 19.1. The van der Waals surface area contributed by atoms with E-state index in [0.29, 0.717) is 11.4 Å². The summed E-state index contributed by atoms with van der Waals surface area (Å²) in [5.41, 5.74) is 0.473. The number of hydrogen-bond acceptors (Lipinski definition) is 4. The number of rotatable bonds is 5. The van der Waals surface area contributed by atoms with E-state index in [1.807, 2.05) is 0 Å². The summed E-state index contributed by atoms with van der Waals surface area (Å²) < 4.78 is 47.1. The molecule has 3 aromatic rings. The van der Waals surface area contributed by atoms with Crippen molar-refractivity contribution in [3.63, 3.8) is 0 Å². The molecule has 0 saturated heterocycles. The van der Waals surface area contributed by atoms with Gasteiger partial charge in [-0.2, -0.15) is 0 Å². The molecular formula is C16H13F3N4O. The number of anilines is 1. The van der Waals surface area contributed by atoms with E-state index in [2.05, 4.69) is 15.6 Å². The molecule has 0 radical (unpaired) electrons. The zero-order valence-corrected chi connectivity index (χ0v) is 12.6. The molecule has 0 aliphatic heterocycles. The van der Waals surface area contributed by atoms with Crippen molar-refractivity contribution in [3.8, 4) is 11.5 Å². The van der Waals surface area contributed by atoms with Crippen molar-refractivity contribution < 1.29 is 17.9 Å². The normalized spacial score (nSPS) is 10.7. The summed E-state index contributed by atoms with van der Waals surface area (Å²) in [6, 6.07) is 6.73. The summed E-state index contributed by atoms with van der Waals surface area (Å²) in [6.07, 6.45) is 1.52. The van der Waals surface area contributed by atoms with Crippen LogP contribution in [0.15, 0.2) is 42.6 Å². The fourth-order valence-electron chi connectivity index (χ4n) is 2.14. The Kier molecular flexibility index (Phi) is 4.37. The highest BCUT2D eigenvalue weighted by Crippen LogP contribution is 2.28. The van der Waals surface area contributed by atoms with Gasteiger partial charge in [0.1, 0.15) is 34.8 Å². The fraction of sp³-hybridized carbons (Fsp3) is 0.125. The summed E-state index contributed by atoms with van der Waals surface area (Å²) in [6.45, 7) is 0.214. The van der Waals surface area contributed by atoms with Gasteiger partial charge in [0.15, 0.2) is 0 Å². The maximum absolute atomic E-state index is 13.5. The predicted octanol–water partition coefficient (Wildman–Crippen LogP) is 3.64. The number of ether oxygens (including phenoxy) is 1. The van der Waals surface area contributed by atoms with Gasteiger partial charge in [0.2, 0.25) is 0 Å². The van der Waals surface area contributed by atoms with E-state index in [4.69, 9.17) is 4.74 Å². The third-order valence-electron chi connectivity index (χ3n) is 3.26. The Morgan fingerprint density at radius 3 is 2.46 bits per heavy atom. The highest BCUT2D eigenvalue weighted by Gasteiger charge is 2.10. The lowest BCUT2D eigenvalue weighted by Gasteiger charge is -2.13. The molecule has 124 valence electrons. The van der Waals surface area contributed by atoms with Gasteiger partial charge in [0.25, 0.3) is 0 Å².